The van der Waals surface area contributed by atoms with Crippen molar-refractivity contribution in [1.82, 2.24) is 9.62 Å². The Balaban J connectivity index is 0.00000363. The topological polar surface area (TPSA) is 78.9 Å². The fraction of sp³-hybridized carbons (Fsp3) is 0.478. The summed E-state index contributed by atoms with van der Waals surface area (Å²) in [7, 11) is 1.98. The van der Waals surface area contributed by atoms with Crippen LogP contribution in [0.4, 0.5) is 0 Å². The number of hydrogen-bond acceptors (Lipinski definition) is 5. The molecule has 9 heteroatoms. The highest BCUT2D eigenvalue weighted by molar-refractivity contribution is 7.88. The Labute approximate surface area is 202 Å². The number of nitrogens with one attached hydrogen (secondary N) is 1. The van der Waals surface area contributed by atoms with Gasteiger partial charge in [0.1, 0.15) is 5.75 Å². The van der Waals surface area contributed by atoms with Crippen LogP contribution < -0.4 is 9.46 Å². The van der Waals surface area contributed by atoms with Gasteiger partial charge in [-0.05, 0) is 68.8 Å². The third-order valence-electron chi connectivity index (χ3n) is 6.12. The number of rotatable bonds is 7. The molecule has 0 radical (unpaired) electrons. The number of hydrogen-bond donors (Lipinski definition) is 2. The van der Waals surface area contributed by atoms with E-state index in [9.17, 15) is 13.5 Å². The molecule has 0 heterocycles. The van der Waals surface area contributed by atoms with Crippen molar-refractivity contribution in [2.24, 2.45) is 5.92 Å². The molecule has 3 atom stereocenters. The van der Waals surface area contributed by atoms with Gasteiger partial charge in [0, 0.05) is 17.5 Å². The Morgan fingerprint density at radius 3 is 2.41 bits per heavy atom. The Morgan fingerprint density at radius 2 is 1.81 bits per heavy atom. The molecule has 0 amide bonds. The molecule has 1 aliphatic rings. The van der Waals surface area contributed by atoms with Gasteiger partial charge in [0.2, 0.25) is 10.0 Å². The van der Waals surface area contributed by atoms with Crippen molar-refractivity contribution in [2.75, 3.05) is 34.0 Å². The molecule has 0 aliphatic heterocycles. The number of nitrogens with zero attached hydrogens (tertiary/aromatic N) is 1. The number of sulfonamides is 1. The fourth-order valence-electron chi connectivity index (χ4n) is 4.78. The van der Waals surface area contributed by atoms with Gasteiger partial charge in [0.15, 0.2) is 0 Å². The summed E-state index contributed by atoms with van der Waals surface area (Å²) in [5, 5.41) is 12.5. The van der Waals surface area contributed by atoms with Gasteiger partial charge in [-0.3, -0.25) is 0 Å². The van der Waals surface area contributed by atoms with Crippen molar-refractivity contribution in [2.45, 2.75) is 30.4 Å². The summed E-state index contributed by atoms with van der Waals surface area (Å²) in [6.07, 6.45) is 2.40. The predicted octanol–water partition coefficient (Wildman–Crippen LogP) is 3.76. The van der Waals surface area contributed by atoms with E-state index in [1.807, 2.05) is 61.5 Å². The minimum atomic E-state index is -3.52. The summed E-state index contributed by atoms with van der Waals surface area (Å²) < 4.78 is 33.0. The van der Waals surface area contributed by atoms with Crippen LogP contribution in [0.25, 0.3) is 0 Å². The Morgan fingerprint density at radius 1 is 1.16 bits per heavy atom. The van der Waals surface area contributed by atoms with Crippen LogP contribution in [0.15, 0.2) is 48.5 Å². The third-order valence-corrected chi connectivity index (χ3v) is 7.11. The minimum Gasteiger partial charge on any atom is -0.497 e. The summed E-state index contributed by atoms with van der Waals surface area (Å²) in [6.45, 7) is 0.585. The van der Waals surface area contributed by atoms with E-state index in [-0.39, 0.29) is 18.3 Å². The highest BCUT2D eigenvalue weighted by atomic mass is 35.5. The van der Waals surface area contributed by atoms with E-state index >= 15 is 0 Å². The van der Waals surface area contributed by atoms with Crippen LogP contribution in [0, 0.1) is 5.92 Å². The van der Waals surface area contributed by atoms with E-state index in [4.69, 9.17) is 16.3 Å². The largest absolute Gasteiger partial charge is 0.497 e. The molecule has 0 aromatic heterocycles. The van der Waals surface area contributed by atoms with Crippen molar-refractivity contribution in [1.29, 1.82) is 0 Å². The molecule has 0 spiro atoms. The van der Waals surface area contributed by atoms with Gasteiger partial charge in [-0.1, -0.05) is 35.9 Å². The second-order valence-electron chi connectivity index (χ2n) is 8.79. The van der Waals surface area contributed by atoms with Crippen molar-refractivity contribution < 1.29 is 18.3 Å². The van der Waals surface area contributed by atoms with E-state index in [2.05, 4.69) is 4.72 Å². The first kappa shape index (κ1) is 26.9. The molecule has 3 unspecified atom stereocenters. The monoisotopic (exact) mass is 502 g/mol. The first-order valence-electron chi connectivity index (χ1n) is 10.2. The van der Waals surface area contributed by atoms with Gasteiger partial charge in [-0.2, -0.15) is 0 Å². The van der Waals surface area contributed by atoms with Crippen molar-refractivity contribution in [3.63, 3.8) is 0 Å². The molecular formula is C23H32Cl2N2O4S. The number of halogens is 2. The van der Waals surface area contributed by atoms with Crippen LogP contribution in [-0.4, -0.2) is 52.4 Å². The van der Waals surface area contributed by atoms with Gasteiger partial charge < -0.3 is 14.7 Å². The lowest BCUT2D eigenvalue weighted by Gasteiger charge is -2.50. The second kappa shape index (κ2) is 10.3. The van der Waals surface area contributed by atoms with E-state index in [0.29, 0.717) is 36.6 Å². The normalized spacial score (nSPS) is 25.9. The van der Waals surface area contributed by atoms with Gasteiger partial charge in [-0.15, -0.1) is 12.4 Å². The maximum Gasteiger partial charge on any atom is 0.209 e. The van der Waals surface area contributed by atoms with Gasteiger partial charge in [0.05, 0.1) is 24.5 Å². The lowest BCUT2D eigenvalue weighted by molar-refractivity contribution is -0.0840. The van der Waals surface area contributed by atoms with E-state index < -0.39 is 21.2 Å². The van der Waals surface area contributed by atoms with Gasteiger partial charge >= 0.3 is 0 Å². The molecular weight excluding hydrogens is 471 g/mol. The highest BCUT2D eigenvalue weighted by Crippen LogP contribution is 2.50. The Hall–Kier alpha value is -1.35. The standard InChI is InChI=1S/C23H31ClN2O4S.ClH/c1-26(2)16-19-15-22(25-31(4,28)29,17-7-5-9-20(24)13-17)11-12-23(19,27)18-8-6-10-21(14-18)30-3;/h5-10,13-14,19,25,27H,11-12,15-16H2,1-4H3;1H. The van der Waals surface area contributed by atoms with Crippen molar-refractivity contribution in [3.05, 3.63) is 64.7 Å². The molecule has 1 fully saturated rings. The highest BCUT2D eigenvalue weighted by Gasteiger charge is 2.51. The second-order valence-corrected chi connectivity index (χ2v) is 11.0. The third kappa shape index (κ3) is 5.95. The molecule has 0 saturated heterocycles. The summed E-state index contributed by atoms with van der Waals surface area (Å²) in [5.41, 5.74) is -0.399. The van der Waals surface area contributed by atoms with Crippen molar-refractivity contribution in [3.8, 4) is 5.75 Å². The average Bonchev–Trinajstić information content (AvgIpc) is 2.69. The summed E-state index contributed by atoms with van der Waals surface area (Å²) >= 11 is 6.25. The van der Waals surface area contributed by atoms with Crippen LogP contribution in [0.3, 0.4) is 0 Å². The molecule has 1 saturated carbocycles. The number of aliphatic hydroxyl groups is 1. The zero-order chi connectivity index (χ0) is 22.9. The summed E-state index contributed by atoms with van der Waals surface area (Å²) in [4.78, 5) is 2.02. The molecule has 3 rings (SSSR count). The van der Waals surface area contributed by atoms with Gasteiger partial charge in [0.25, 0.3) is 0 Å². The summed E-state index contributed by atoms with van der Waals surface area (Å²) in [5.74, 6) is 0.437. The smallest absolute Gasteiger partial charge is 0.209 e. The SMILES string of the molecule is COc1cccc(C2(O)CCC(NS(C)(=O)=O)(c3cccc(Cl)c3)CC2CN(C)C)c1.Cl. The average molecular weight is 503 g/mol. The molecule has 0 bridgehead atoms. The lowest BCUT2D eigenvalue weighted by atomic mass is 9.63. The van der Waals surface area contributed by atoms with Crippen LogP contribution in [-0.2, 0) is 21.2 Å². The van der Waals surface area contributed by atoms with E-state index in [0.717, 1.165) is 11.1 Å². The Bertz CT molecular complexity index is 1030. The van der Waals surface area contributed by atoms with E-state index in [1.165, 1.54) is 6.26 Å². The first-order chi connectivity index (χ1) is 14.5. The van der Waals surface area contributed by atoms with Gasteiger partial charge in [-0.25, -0.2) is 13.1 Å². The zero-order valence-corrected chi connectivity index (χ0v) is 21.2. The molecule has 1 aliphatic carbocycles. The maximum atomic E-state index is 12.4. The zero-order valence-electron chi connectivity index (χ0n) is 18.8. The fourth-order valence-corrected chi connectivity index (χ4v) is 5.99. The quantitative estimate of drug-likeness (QED) is 0.602. The number of methoxy groups -OCH3 is 1. The number of benzene rings is 2. The van der Waals surface area contributed by atoms with Crippen LogP contribution in [0.2, 0.25) is 5.02 Å². The minimum absolute atomic E-state index is 0. The Kier molecular flexibility index (Phi) is 8.64. The van der Waals surface area contributed by atoms with E-state index in [1.54, 1.807) is 13.2 Å². The molecule has 2 aromatic carbocycles. The molecule has 6 nitrogen and oxygen atoms in total. The maximum absolute atomic E-state index is 12.4. The summed E-state index contributed by atoms with van der Waals surface area (Å²) in [6, 6.07) is 14.8. The van der Waals surface area contributed by atoms with Crippen LogP contribution >= 0.6 is 24.0 Å². The lowest BCUT2D eigenvalue weighted by Crippen LogP contribution is -2.56. The van der Waals surface area contributed by atoms with Crippen LogP contribution in [0.5, 0.6) is 5.75 Å². The van der Waals surface area contributed by atoms with Crippen molar-refractivity contribution >= 4 is 34.0 Å². The van der Waals surface area contributed by atoms with Crippen LogP contribution in [0.1, 0.15) is 30.4 Å². The molecule has 2 aromatic rings. The first-order valence-corrected chi connectivity index (χ1v) is 12.5. The number of ether oxygens (including phenoxy) is 1. The molecule has 32 heavy (non-hydrogen) atoms. The molecule has 178 valence electrons. The molecule has 2 N–H and O–H groups in total. The predicted molar refractivity (Wildman–Crippen MR) is 131 cm³/mol.